The van der Waals surface area contributed by atoms with Crippen LogP contribution in [0.4, 0.5) is 0 Å². The minimum Gasteiger partial charge on any atom is -0.360 e. The molecule has 2 aromatic rings. The van der Waals surface area contributed by atoms with E-state index in [0.717, 1.165) is 12.1 Å². The Hall–Kier alpha value is -2.11. The summed E-state index contributed by atoms with van der Waals surface area (Å²) in [6.45, 7) is 6.00. The van der Waals surface area contributed by atoms with E-state index in [4.69, 9.17) is 4.52 Å². The molecule has 0 aliphatic carbocycles. The van der Waals surface area contributed by atoms with Crippen LogP contribution < -0.4 is 5.32 Å². The van der Waals surface area contributed by atoms with E-state index in [1.165, 1.54) is 0 Å². The first kappa shape index (κ1) is 14.3. The quantitative estimate of drug-likeness (QED) is 0.910. The summed E-state index contributed by atoms with van der Waals surface area (Å²) >= 11 is 0. The summed E-state index contributed by atoms with van der Waals surface area (Å²) in [5.41, 5.74) is 1.28. The van der Waals surface area contributed by atoms with Crippen molar-refractivity contribution in [3.05, 3.63) is 35.5 Å². The van der Waals surface area contributed by atoms with Gasteiger partial charge in [-0.2, -0.15) is 5.10 Å². The lowest BCUT2D eigenvalue weighted by Crippen LogP contribution is -2.29. The number of nitrogens with zero attached hydrogens (tertiary/aromatic N) is 3. The smallest absolute Gasteiger partial charge is 0.274 e. The van der Waals surface area contributed by atoms with Crippen LogP contribution in [0.1, 0.15) is 61.1 Å². The van der Waals surface area contributed by atoms with Crippen molar-refractivity contribution in [1.82, 2.24) is 20.3 Å². The van der Waals surface area contributed by atoms with Crippen LogP contribution in [-0.4, -0.2) is 20.8 Å². The van der Waals surface area contributed by atoms with Gasteiger partial charge >= 0.3 is 0 Å². The number of aryl methyl sites for hydroxylation is 1. The van der Waals surface area contributed by atoms with Gasteiger partial charge in [-0.3, -0.25) is 9.48 Å². The molecule has 0 radical (unpaired) electrons. The molecule has 6 nitrogen and oxygen atoms in total. The number of hydrogen-bond acceptors (Lipinski definition) is 4. The number of hydrogen-bond donors (Lipinski definition) is 1. The lowest BCUT2D eigenvalue weighted by atomic mass is 10.1. The van der Waals surface area contributed by atoms with Crippen LogP contribution in [0.2, 0.25) is 0 Å². The number of aromatic nitrogens is 3. The first-order valence-corrected chi connectivity index (χ1v) is 6.78. The molecule has 2 rings (SSSR count). The van der Waals surface area contributed by atoms with Gasteiger partial charge in [0.2, 0.25) is 0 Å². The first-order valence-electron chi connectivity index (χ1n) is 6.78. The summed E-state index contributed by atoms with van der Waals surface area (Å²) in [6.07, 6.45) is 2.50. The average molecular weight is 276 g/mol. The number of carbonyl (C=O) groups is 1. The van der Waals surface area contributed by atoms with Crippen molar-refractivity contribution in [1.29, 1.82) is 0 Å². The van der Waals surface area contributed by atoms with Gasteiger partial charge in [0.05, 0.1) is 11.7 Å². The van der Waals surface area contributed by atoms with Crippen molar-refractivity contribution in [2.45, 2.75) is 39.2 Å². The molecule has 1 unspecified atom stereocenters. The highest BCUT2D eigenvalue weighted by Gasteiger charge is 2.20. The molecular formula is C14H20N4O2. The molecule has 6 heteroatoms. The van der Waals surface area contributed by atoms with Gasteiger partial charge in [-0.05, 0) is 12.5 Å². The zero-order chi connectivity index (χ0) is 14.7. The molecule has 108 valence electrons. The van der Waals surface area contributed by atoms with Gasteiger partial charge in [-0.25, -0.2) is 0 Å². The molecule has 2 aromatic heterocycles. The third-order valence-electron chi connectivity index (χ3n) is 3.26. The van der Waals surface area contributed by atoms with E-state index >= 15 is 0 Å². The van der Waals surface area contributed by atoms with Crippen LogP contribution in [0.3, 0.4) is 0 Å². The molecule has 2 heterocycles. The maximum absolute atomic E-state index is 12.2. The molecule has 20 heavy (non-hydrogen) atoms. The Morgan fingerprint density at radius 1 is 1.50 bits per heavy atom. The summed E-state index contributed by atoms with van der Waals surface area (Å²) in [5, 5.41) is 10.9. The second-order valence-corrected chi connectivity index (χ2v) is 5.08. The van der Waals surface area contributed by atoms with Gasteiger partial charge in [0.15, 0.2) is 5.69 Å². The van der Waals surface area contributed by atoms with Gasteiger partial charge < -0.3 is 9.84 Å². The van der Waals surface area contributed by atoms with Crippen LogP contribution in [0.15, 0.2) is 22.9 Å². The van der Waals surface area contributed by atoms with Crippen molar-refractivity contribution < 1.29 is 9.32 Å². The van der Waals surface area contributed by atoms with E-state index in [0.29, 0.717) is 11.5 Å². The van der Waals surface area contributed by atoms with Crippen LogP contribution in [0.25, 0.3) is 0 Å². The van der Waals surface area contributed by atoms with Crippen LogP contribution in [0, 0.1) is 0 Å². The largest absolute Gasteiger partial charge is 0.360 e. The molecule has 0 aliphatic rings. The fourth-order valence-electron chi connectivity index (χ4n) is 2.01. The molecule has 0 aliphatic heterocycles. The van der Waals surface area contributed by atoms with Gasteiger partial charge in [-0.1, -0.05) is 25.9 Å². The normalized spacial score (nSPS) is 12.7. The number of carbonyl (C=O) groups excluding carboxylic acids is 1. The summed E-state index contributed by atoms with van der Waals surface area (Å²) in [7, 11) is 1.86. The van der Waals surface area contributed by atoms with E-state index in [2.05, 4.69) is 15.6 Å². The van der Waals surface area contributed by atoms with E-state index < -0.39 is 0 Å². The lowest BCUT2D eigenvalue weighted by molar-refractivity contribution is 0.0924. The predicted molar refractivity (Wildman–Crippen MR) is 74.3 cm³/mol. The molecule has 1 amide bonds. The highest BCUT2D eigenvalue weighted by molar-refractivity contribution is 5.92. The summed E-state index contributed by atoms with van der Waals surface area (Å²) in [4.78, 5) is 12.2. The van der Waals surface area contributed by atoms with E-state index in [1.54, 1.807) is 16.9 Å². The Labute approximate surface area is 118 Å². The molecule has 0 spiro atoms. The van der Waals surface area contributed by atoms with Gasteiger partial charge in [0.1, 0.15) is 5.76 Å². The Balaban J connectivity index is 2.11. The third-order valence-corrected chi connectivity index (χ3v) is 3.26. The molecule has 1 atom stereocenters. The molecule has 0 saturated heterocycles. The van der Waals surface area contributed by atoms with Gasteiger partial charge in [0, 0.05) is 25.2 Å². The van der Waals surface area contributed by atoms with Crippen molar-refractivity contribution in [2.24, 2.45) is 7.05 Å². The zero-order valence-electron chi connectivity index (χ0n) is 12.3. The van der Waals surface area contributed by atoms with Crippen LogP contribution in [0.5, 0.6) is 0 Å². The SMILES string of the molecule is CCC(NC(=O)c1cc(C(C)C)on1)c1ccnn1C. The van der Waals surface area contributed by atoms with E-state index in [1.807, 2.05) is 33.9 Å². The fourth-order valence-corrected chi connectivity index (χ4v) is 2.01. The Morgan fingerprint density at radius 3 is 2.75 bits per heavy atom. The van der Waals surface area contributed by atoms with Crippen LogP contribution >= 0.6 is 0 Å². The van der Waals surface area contributed by atoms with Crippen molar-refractivity contribution in [3.63, 3.8) is 0 Å². The maximum atomic E-state index is 12.2. The Kier molecular flexibility index (Phi) is 4.22. The van der Waals surface area contributed by atoms with Crippen molar-refractivity contribution >= 4 is 5.91 Å². The molecule has 0 aromatic carbocycles. The third kappa shape index (κ3) is 2.89. The van der Waals surface area contributed by atoms with Crippen molar-refractivity contribution in [3.8, 4) is 0 Å². The second-order valence-electron chi connectivity index (χ2n) is 5.08. The average Bonchev–Trinajstić information content (AvgIpc) is 3.04. The highest BCUT2D eigenvalue weighted by Crippen LogP contribution is 2.18. The summed E-state index contributed by atoms with van der Waals surface area (Å²) in [5.74, 6) is 0.695. The molecule has 0 fully saturated rings. The Bertz CT molecular complexity index is 586. The van der Waals surface area contributed by atoms with Crippen LogP contribution in [-0.2, 0) is 7.05 Å². The molecule has 0 bridgehead atoms. The summed E-state index contributed by atoms with van der Waals surface area (Å²) < 4.78 is 6.91. The number of amides is 1. The highest BCUT2D eigenvalue weighted by atomic mass is 16.5. The van der Waals surface area contributed by atoms with E-state index in [-0.39, 0.29) is 17.9 Å². The first-order chi connectivity index (χ1) is 9.52. The predicted octanol–water partition coefficient (Wildman–Crippen LogP) is 2.41. The minimum absolute atomic E-state index is 0.0887. The van der Waals surface area contributed by atoms with E-state index in [9.17, 15) is 4.79 Å². The topological polar surface area (TPSA) is 73.0 Å². The van der Waals surface area contributed by atoms with Gasteiger partial charge in [0.25, 0.3) is 5.91 Å². The molecule has 0 saturated carbocycles. The molecule has 1 N–H and O–H groups in total. The van der Waals surface area contributed by atoms with Gasteiger partial charge in [-0.15, -0.1) is 0 Å². The number of nitrogens with one attached hydrogen (secondary N) is 1. The zero-order valence-corrected chi connectivity index (χ0v) is 12.3. The minimum atomic E-state index is -0.228. The maximum Gasteiger partial charge on any atom is 0.274 e. The molecular weight excluding hydrogens is 256 g/mol. The van der Waals surface area contributed by atoms with Crippen molar-refractivity contribution in [2.75, 3.05) is 0 Å². The number of rotatable bonds is 5. The fraction of sp³-hybridized carbons (Fsp3) is 0.500. The Morgan fingerprint density at radius 2 is 2.25 bits per heavy atom. The lowest BCUT2D eigenvalue weighted by Gasteiger charge is -2.16. The second kappa shape index (κ2) is 5.90. The summed E-state index contributed by atoms with van der Waals surface area (Å²) in [6, 6.07) is 3.50. The monoisotopic (exact) mass is 276 g/mol. The standard InChI is InChI=1S/C14H20N4O2/c1-5-10(12-6-7-15-18(12)4)16-14(19)11-8-13(9(2)3)20-17-11/h6-10H,5H2,1-4H3,(H,16,19).